The monoisotopic (exact) mass is 278 g/mol. The molecule has 0 saturated carbocycles. The molecule has 0 aromatic rings. The van der Waals surface area contributed by atoms with Crippen molar-refractivity contribution in [3.63, 3.8) is 0 Å². The largest absolute Gasteiger partial charge is 0.342 e. The molecule has 0 rings (SSSR count). The van der Waals surface area contributed by atoms with Crippen molar-refractivity contribution in [3.8, 4) is 0 Å². The van der Waals surface area contributed by atoms with Gasteiger partial charge in [-0.3, -0.25) is 0 Å². The molecule has 0 aliphatic carbocycles. The van der Waals surface area contributed by atoms with E-state index in [0.29, 0.717) is 11.8 Å². The molecular formula is C4H4Cl3F3S2. The summed E-state index contributed by atoms with van der Waals surface area (Å²) < 4.78 is 32.6. The molecule has 0 amide bonds. The Bertz CT molecular complexity index is 143. The lowest BCUT2D eigenvalue weighted by atomic mass is 10.8. The smallest absolute Gasteiger partial charge is 0.207 e. The summed E-state index contributed by atoms with van der Waals surface area (Å²) in [6.45, 7) is 0. The standard InChI is InChI=1S/C4H4Cl3F3S2/c5-3(6,8)1-12-2(11)4(7,9)10/h2,11H,1H2. The second-order valence-electron chi connectivity index (χ2n) is 1.82. The molecule has 1 atom stereocenters. The maximum atomic E-state index is 12.3. The third-order valence-corrected chi connectivity index (χ3v) is 3.72. The summed E-state index contributed by atoms with van der Waals surface area (Å²) in [5, 5.41) is -3.51. The first kappa shape index (κ1) is 13.4. The molecule has 0 aliphatic rings. The number of halogens is 6. The molecule has 0 fully saturated rings. The number of alkyl halides is 6. The van der Waals surface area contributed by atoms with Crippen LogP contribution in [0.1, 0.15) is 0 Å². The molecular weight excluding hydrogens is 276 g/mol. The summed E-state index contributed by atoms with van der Waals surface area (Å²) in [5.41, 5.74) is 0. The van der Waals surface area contributed by atoms with Gasteiger partial charge in [-0.15, -0.1) is 11.8 Å². The first-order valence-corrected chi connectivity index (χ1v) is 5.26. The van der Waals surface area contributed by atoms with Crippen molar-refractivity contribution in [1.82, 2.24) is 0 Å². The SMILES string of the molecule is FC(Cl)(Cl)CSC(S)C(F)(F)Cl. The molecule has 12 heavy (non-hydrogen) atoms. The van der Waals surface area contributed by atoms with Crippen molar-refractivity contribution >= 4 is 59.2 Å². The lowest BCUT2D eigenvalue weighted by Crippen LogP contribution is -2.21. The predicted octanol–water partition coefficient (Wildman–Crippen LogP) is 3.91. The summed E-state index contributed by atoms with van der Waals surface area (Å²) in [7, 11) is 0. The first-order chi connectivity index (χ1) is 5.13. The van der Waals surface area contributed by atoms with Gasteiger partial charge in [0.25, 0.3) is 4.59 Å². The summed E-state index contributed by atoms with van der Waals surface area (Å²) in [6.07, 6.45) is 0. The topological polar surface area (TPSA) is 0 Å². The highest BCUT2D eigenvalue weighted by Crippen LogP contribution is 2.38. The predicted molar refractivity (Wildman–Crippen MR) is 51.6 cm³/mol. The van der Waals surface area contributed by atoms with Gasteiger partial charge in [-0.2, -0.15) is 21.4 Å². The fourth-order valence-corrected chi connectivity index (χ4v) is 1.59. The van der Waals surface area contributed by atoms with Crippen LogP contribution in [0.4, 0.5) is 13.2 Å². The highest BCUT2D eigenvalue weighted by Gasteiger charge is 2.37. The highest BCUT2D eigenvalue weighted by atomic mass is 35.5. The van der Waals surface area contributed by atoms with E-state index >= 15 is 0 Å². The van der Waals surface area contributed by atoms with E-state index in [0.717, 1.165) is 0 Å². The summed E-state index contributed by atoms with van der Waals surface area (Å²) in [4.78, 5) is 0. The average molecular weight is 280 g/mol. The van der Waals surface area contributed by atoms with Gasteiger partial charge in [0.1, 0.15) is 4.58 Å². The maximum Gasteiger partial charge on any atom is 0.342 e. The van der Waals surface area contributed by atoms with Crippen molar-refractivity contribution in [2.24, 2.45) is 0 Å². The average Bonchev–Trinajstić information content (AvgIpc) is 1.78. The molecule has 0 aliphatic heterocycles. The molecule has 0 aromatic carbocycles. The van der Waals surface area contributed by atoms with Crippen LogP contribution in [0.3, 0.4) is 0 Å². The van der Waals surface area contributed by atoms with Gasteiger partial charge in [-0.05, 0) is 11.6 Å². The Kier molecular flexibility index (Phi) is 5.27. The van der Waals surface area contributed by atoms with E-state index in [1.165, 1.54) is 0 Å². The van der Waals surface area contributed by atoms with E-state index in [2.05, 4.69) is 24.2 Å². The summed E-state index contributed by atoms with van der Waals surface area (Å²) in [6, 6.07) is 0. The maximum absolute atomic E-state index is 12.3. The molecule has 0 bridgehead atoms. The van der Waals surface area contributed by atoms with Crippen molar-refractivity contribution in [2.75, 3.05) is 5.75 Å². The van der Waals surface area contributed by atoms with Crippen molar-refractivity contribution < 1.29 is 13.2 Å². The molecule has 0 heterocycles. The van der Waals surface area contributed by atoms with Crippen LogP contribution < -0.4 is 0 Å². The molecule has 0 aromatic heterocycles. The lowest BCUT2D eigenvalue weighted by Gasteiger charge is -2.17. The van der Waals surface area contributed by atoms with Crippen LogP contribution in [-0.4, -0.2) is 20.3 Å². The number of thiol groups is 1. The van der Waals surface area contributed by atoms with Crippen LogP contribution in [0.5, 0.6) is 0 Å². The van der Waals surface area contributed by atoms with Gasteiger partial charge in [-0.25, -0.2) is 4.39 Å². The quantitative estimate of drug-likeness (QED) is 0.462. The van der Waals surface area contributed by atoms with E-state index in [9.17, 15) is 13.2 Å². The van der Waals surface area contributed by atoms with Crippen LogP contribution >= 0.6 is 59.2 Å². The van der Waals surface area contributed by atoms with Crippen molar-refractivity contribution in [3.05, 3.63) is 0 Å². The zero-order valence-electron chi connectivity index (χ0n) is 5.41. The number of thioether (sulfide) groups is 1. The minimum absolute atomic E-state index is 0.434. The van der Waals surface area contributed by atoms with Crippen LogP contribution in [-0.2, 0) is 0 Å². The zero-order chi connectivity index (χ0) is 9.99. The van der Waals surface area contributed by atoms with E-state index in [4.69, 9.17) is 23.2 Å². The van der Waals surface area contributed by atoms with Gasteiger partial charge < -0.3 is 0 Å². The van der Waals surface area contributed by atoms with Crippen molar-refractivity contribution in [1.29, 1.82) is 0 Å². The normalized spacial score (nSPS) is 16.2. The Morgan fingerprint density at radius 2 is 1.67 bits per heavy atom. The van der Waals surface area contributed by atoms with Gasteiger partial charge >= 0.3 is 5.38 Å². The van der Waals surface area contributed by atoms with Crippen LogP contribution in [0.25, 0.3) is 0 Å². The minimum atomic E-state index is -3.51. The van der Waals surface area contributed by atoms with Crippen LogP contribution in [0.2, 0.25) is 0 Å². The number of rotatable bonds is 4. The third kappa shape index (κ3) is 6.83. The molecule has 1 unspecified atom stereocenters. The Morgan fingerprint density at radius 1 is 1.25 bits per heavy atom. The molecule has 0 N–H and O–H groups in total. The molecule has 0 spiro atoms. The molecule has 8 heteroatoms. The zero-order valence-corrected chi connectivity index (χ0v) is 9.39. The first-order valence-electron chi connectivity index (χ1n) is 2.56. The highest BCUT2D eigenvalue weighted by molar-refractivity contribution is 8.10. The molecule has 0 radical (unpaired) electrons. The molecule has 74 valence electrons. The molecule has 0 nitrogen and oxygen atoms in total. The van der Waals surface area contributed by atoms with Crippen LogP contribution in [0, 0.1) is 0 Å². The third-order valence-electron chi connectivity index (χ3n) is 0.685. The Labute approximate surface area is 92.5 Å². The van der Waals surface area contributed by atoms with E-state index < -0.39 is 20.3 Å². The Hall–Kier alpha value is 1.36. The number of hydrogen-bond acceptors (Lipinski definition) is 2. The number of hydrogen-bond donors (Lipinski definition) is 1. The van der Waals surface area contributed by atoms with Gasteiger partial charge in [-0.1, -0.05) is 23.2 Å². The Morgan fingerprint density at radius 3 is 1.92 bits per heavy atom. The summed E-state index contributed by atoms with van der Waals surface area (Å²) in [5.74, 6) is -0.521. The fraction of sp³-hybridized carbons (Fsp3) is 1.00. The summed E-state index contributed by atoms with van der Waals surface area (Å²) >= 11 is 18.2. The van der Waals surface area contributed by atoms with Gasteiger partial charge in [0, 0.05) is 0 Å². The fourth-order valence-electron chi connectivity index (χ4n) is 0.268. The van der Waals surface area contributed by atoms with Gasteiger partial charge in [0.05, 0.1) is 5.75 Å². The van der Waals surface area contributed by atoms with E-state index in [-0.39, 0.29) is 0 Å². The van der Waals surface area contributed by atoms with Crippen LogP contribution in [0.15, 0.2) is 0 Å². The van der Waals surface area contributed by atoms with Gasteiger partial charge in [0.2, 0.25) is 0 Å². The molecule has 0 saturated heterocycles. The van der Waals surface area contributed by atoms with Crippen molar-refractivity contribution in [2.45, 2.75) is 14.6 Å². The second-order valence-corrected chi connectivity index (χ2v) is 5.67. The minimum Gasteiger partial charge on any atom is -0.207 e. The Balaban J connectivity index is 3.80. The second kappa shape index (κ2) is 4.73. The van der Waals surface area contributed by atoms with E-state index in [1.54, 1.807) is 0 Å². The van der Waals surface area contributed by atoms with E-state index in [1.807, 2.05) is 0 Å². The van der Waals surface area contributed by atoms with Gasteiger partial charge in [0.15, 0.2) is 0 Å². The lowest BCUT2D eigenvalue weighted by molar-refractivity contribution is 0.116.